The van der Waals surface area contributed by atoms with Crippen LogP contribution in [0.4, 0.5) is 13.2 Å². The molecule has 0 fully saturated rings. The molecule has 0 spiro atoms. The van der Waals surface area contributed by atoms with Crippen LogP contribution in [0.2, 0.25) is 0 Å². The normalized spacial score (nSPS) is 14.5. The van der Waals surface area contributed by atoms with E-state index in [-0.39, 0.29) is 6.42 Å². The van der Waals surface area contributed by atoms with E-state index in [1.807, 2.05) is 0 Å². The molecule has 66 valence electrons. The first-order valence-corrected chi connectivity index (χ1v) is 3.25. The number of alkyl halides is 3. The van der Waals surface area contributed by atoms with Crippen LogP contribution >= 0.6 is 0 Å². The molecule has 0 aromatic rings. The Balaban J connectivity index is 4.22. The molecule has 2 N–H and O–H groups in total. The first-order chi connectivity index (χ1) is 4.89. The molecule has 0 saturated carbocycles. The van der Waals surface area contributed by atoms with Crippen molar-refractivity contribution in [2.45, 2.75) is 25.9 Å². The summed E-state index contributed by atoms with van der Waals surface area (Å²) in [5, 5.41) is 0. The molecule has 0 aliphatic carbocycles. The molecule has 1 atom stereocenters. The van der Waals surface area contributed by atoms with E-state index in [9.17, 15) is 18.0 Å². The van der Waals surface area contributed by atoms with E-state index in [4.69, 9.17) is 0 Å². The predicted octanol–water partition coefficient (Wildman–Crippen LogP) is 1.45. The van der Waals surface area contributed by atoms with Gasteiger partial charge in [-0.1, -0.05) is 13.3 Å². The van der Waals surface area contributed by atoms with Gasteiger partial charge in [-0.15, -0.1) is 0 Å². The minimum atomic E-state index is -4.48. The molecular formula is C6H10F3NO. The van der Waals surface area contributed by atoms with Gasteiger partial charge in [0.2, 0.25) is 5.91 Å². The van der Waals surface area contributed by atoms with Gasteiger partial charge in [-0.05, 0) is 6.42 Å². The molecule has 0 saturated heterocycles. The lowest BCUT2D eigenvalue weighted by Gasteiger charge is -2.15. The molecular weight excluding hydrogens is 159 g/mol. The van der Waals surface area contributed by atoms with Crippen LogP contribution in [-0.4, -0.2) is 12.1 Å². The average Bonchev–Trinajstić information content (AvgIpc) is 1.79. The highest BCUT2D eigenvalue weighted by Gasteiger charge is 2.42. The van der Waals surface area contributed by atoms with Gasteiger partial charge in [0, 0.05) is 0 Å². The van der Waals surface area contributed by atoms with Crippen LogP contribution in [0.1, 0.15) is 19.8 Å². The third-order valence-corrected chi connectivity index (χ3v) is 1.32. The second kappa shape index (κ2) is 3.59. The lowest BCUT2D eigenvalue weighted by atomic mass is 10.0. The van der Waals surface area contributed by atoms with Gasteiger partial charge >= 0.3 is 6.18 Å². The van der Waals surface area contributed by atoms with Crippen molar-refractivity contribution >= 4 is 5.91 Å². The third-order valence-electron chi connectivity index (χ3n) is 1.32. The molecule has 0 rings (SSSR count). The summed E-state index contributed by atoms with van der Waals surface area (Å²) in [4.78, 5) is 10.2. The maximum atomic E-state index is 11.9. The summed E-state index contributed by atoms with van der Waals surface area (Å²) in [6, 6.07) is 0. The number of amides is 1. The number of carbonyl (C=O) groups is 1. The smallest absolute Gasteiger partial charge is 0.369 e. The van der Waals surface area contributed by atoms with Crippen LogP contribution < -0.4 is 5.73 Å². The molecule has 5 heteroatoms. The summed E-state index contributed by atoms with van der Waals surface area (Å²) in [5.41, 5.74) is 4.55. The van der Waals surface area contributed by atoms with Gasteiger partial charge in [0.1, 0.15) is 5.92 Å². The first-order valence-electron chi connectivity index (χ1n) is 3.25. The van der Waals surface area contributed by atoms with Crippen molar-refractivity contribution in [3.05, 3.63) is 0 Å². The Morgan fingerprint density at radius 1 is 1.55 bits per heavy atom. The Morgan fingerprint density at radius 2 is 2.00 bits per heavy atom. The lowest BCUT2D eigenvalue weighted by molar-refractivity contribution is -0.182. The number of hydrogen-bond donors (Lipinski definition) is 1. The zero-order chi connectivity index (χ0) is 9.07. The van der Waals surface area contributed by atoms with E-state index in [1.54, 1.807) is 6.92 Å². The first kappa shape index (κ1) is 10.3. The van der Waals surface area contributed by atoms with Crippen molar-refractivity contribution in [3.63, 3.8) is 0 Å². The van der Waals surface area contributed by atoms with E-state index in [1.165, 1.54) is 0 Å². The average molecular weight is 169 g/mol. The molecule has 0 aliphatic rings. The second-order valence-electron chi connectivity index (χ2n) is 2.29. The number of primary amides is 1. The van der Waals surface area contributed by atoms with Gasteiger partial charge in [0.05, 0.1) is 0 Å². The van der Waals surface area contributed by atoms with E-state index in [2.05, 4.69) is 5.73 Å². The minimum Gasteiger partial charge on any atom is -0.369 e. The van der Waals surface area contributed by atoms with Crippen molar-refractivity contribution in [1.29, 1.82) is 0 Å². The number of rotatable bonds is 3. The van der Waals surface area contributed by atoms with E-state index >= 15 is 0 Å². The molecule has 1 amide bonds. The number of nitrogens with two attached hydrogens (primary N) is 1. The topological polar surface area (TPSA) is 43.1 Å². The number of halogens is 3. The maximum Gasteiger partial charge on any atom is 0.400 e. The predicted molar refractivity (Wildman–Crippen MR) is 33.6 cm³/mol. The van der Waals surface area contributed by atoms with Crippen molar-refractivity contribution in [1.82, 2.24) is 0 Å². The summed E-state index contributed by atoms with van der Waals surface area (Å²) >= 11 is 0. The van der Waals surface area contributed by atoms with Gasteiger partial charge in [0.25, 0.3) is 0 Å². The van der Waals surface area contributed by atoms with Gasteiger partial charge in [-0.3, -0.25) is 4.79 Å². The van der Waals surface area contributed by atoms with E-state index in [0.29, 0.717) is 6.42 Å². The Bertz CT molecular complexity index is 143. The highest BCUT2D eigenvalue weighted by Crippen LogP contribution is 2.29. The lowest BCUT2D eigenvalue weighted by Crippen LogP contribution is -2.35. The minimum absolute atomic E-state index is 0.223. The summed E-state index contributed by atoms with van der Waals surface area (Å²) in [6.07, 6.45) is -4.41. The highest BCUT2D eigenvalue weighted by atomic mass is 19.4. The standard InChI is InChI=1S/C6H10F3NO/c1-2-3-4(5(10)11)6(7,8)9/h4H,2-3H2,1H3,(H2,10,11). The van der Waals surface area contributed by atoms with Crippen LogP contribution in [0.15, 0.2) is 0 Å². The van der Waals surface area contributed by atoms with Crippen molar-refractivity contribution < 1.29 is 18.0 Å². The molecule has 0 aromatic carbocycles. The number of hydrogen-bond acceptors (Lipinski definition) is 1. The third kappa shape index (κ3) is 3.25. The second-order valence-corrected chi connectivity index (χ2v) is 2.29. The van der Waals surface area contributed by atoms with E-state index in [0.717, 1.165) is 0 Å². The largest absolute Gasteiger partial charge is 0.400 e. The zero-order valence-electron chi connectivity index (χ0n) is 6.11. The van der Waals surface area contributed by atoms with Crippen LogP contribution in [0.5, 0.6) is 0 Å². The molecule has 1 unspecified atom stereocenters. The summed E-state index contributed by atoms with van der Waals surface area (Å²) in [7, 11) is 0. The highest BCUT2D eigenvalue weighted by molar-refractivity contribution is 5.77. The Hall–Kier alpha value is -0.740. The Morgan fingerprint density at radius 3 is 2.09 bits per heavy atom. The van der Waals surface area contributed by atoms with Gasteiger partial charge in [0.15, 0.2) is 0 Å². The van der Waals surface area contributed by atoms with Gasteiger partial charge in [-0.25, -0.2) is 0 Å². The SMILES string of the molecule is CCCC(C(N)=O)C(F)(F)F. The summed E-state index contributed by atoms with van der Waals surface area (Å²) in [5.74, 6) is -3.27. The van der Waals surface area contributed by atoms with E-state index < -0.39 is 18.0 Å². The van der Waals surface area contributed by atoms with Crippen LogP contribution in [-0.2, 0) is 4.79 Å². The van der Waals surface area contributed by atoms with Crippen molar-refractivity contribution in [3.8, 4) is 0 Å². The number of carbonyl (C=O) groups excluding carboxylic acids is 1. The van der Waals surface area contributed by atoms with Crippen molar-refractivity contribution in [2.75, 3.05) is 0 Å². The van der Waals surface area contributed by atoms with Crippen LogP contribution in [0.25, 0.3) is 0 Å². The summed E-state index contributed by atoms with van der Waals surface area (Å²) < 4.78 is 35.6. The van der Waals surface area contributed by atoms with Crippen molar-refractivity contribution in [2.24, 2.45) is 11.7 Å². The molecule has 0 aliphatic heterocycles. The fourth-order valence-corrected chi connectivity index (χ4v) is 0.756. The van der Waals surface area contributed by atoms with Gasteiger partial charge in [-0.2, -0.15) is 13.2 Å². The van der Waals surface area contributed by atoms with Gasteiger partial charge < -0.3 is 5.73 Å². The fourth-order valence-electron chi connectivity index (χ4n) is 0.756. The maximum absolute atomic E-state index is 11.9. The monoisotopic (exact) mass is 169 g/mol. The molecule has 0 radical (unpaired) electrons. The molecule has 0 aromatic heterocycles. The molecule has 0 heterocycles. The quantitative estimate of drug-likeness (QED) is 0.682. The molecule has 11 heavy (non-hydrogen) atoms. The molecule has 2 nitrogen and oxygen atoms in total. The van der Waals surface area contributed by atoms with Crippen LogP contribution in [0, 0.1) is 5.92 Å². The summed E-state index contributed by atoms with van der Waals surface area (Å²) in [6.45, 7) is 1.57. The Labute approximate surface area is 62.6 Å². The fraction of sp³-hybridized carbons (Fsp3) is 0.833. The zero-order valence-corrected chi connectivity index (χ0v) is 6.11. The van der Waals surface area contributed by atoms with Crippen LogP contribution in [0.3, 0.4) is 0 Å². The molecule has 0 bridgehead atoms. The Kier molecular flexibility index (Phi) is 3.35.